The second-order valence-corrected chi connectivity index (χ2v) is 7.17. The molecule has 0 amide bonds. The summed E-state index contributed by atoms with van der Waals surface area (Å²) in [5.74, 6) is 1.36. The molecule has 0 radical (unpaired) electrons. The van der Waals surface area contributed by atoms with Gasteiger partial charge in [-0.15, -0.1) is 0 Å². The Morgan fingerprint density at radius 1 is 1.47 bits per heavy atom. The van der Waals surface area contributed by atoms with E-state index in [2.05, 4.69) is 6.92 Å². The lowest BCUT2D eigenvalue weighted by molar-refractivity contribution is 0.192. The first-order chi connectivity index (χ1) is 8.87. The molecule has 108 valence electrons. The average molecular weight is 286 g/mol. The predicted octanol–water partition coefficient (Wildman–Crippen LogP) is 1.64. The van der Waals surface area contributed by atoms with E-state index in [9.17, 15) is 8.42 Å². The monoisotopic (exact) mass is 286 g/mol. The van der Waals surface area contributed by atoms with Gasteiger partial charge in [-0.1, -0.05) is 6.92 Å². The van der Waals surface area contributed by atoms with Gasteiger partial charge < -0.3 is 10.2 Å². The van der Waals surface area contributed by atoms with E-state index in [1.807, 2.05) is 0 Å². The lowest BCUT2D eigenvalue weighted by atomic mass is 9.93. The van der Waals surface area contributed by atoms with Crippen molar-refractivity contribution >= 4 is 10.0 Å². The van der Waals surface area contributed by atoms with E-state index in [4.69, 9.17) is 10.2 Å². The highest BCUT2D eigenvalue weighted by Crippen LogP contribution is 2.30. The Kier molecular flexibility index (Phi) is 4.03. The molecular formula is C13H22N2O3S. The van der Waals surface area contributed by atoms with Crippen LogP contribution in [0.1, 0.15) is 31.3 Å². The third-order valence-electron chi connectivity index (χ3n) is 3.89. The summed E-state index contributed by atoms with van der Waals surface area (Å²) in [7, 11) is -3.51. The highest BCUT2D eigenvalue weighted by atomic mass is 32.2. The molecule has 2 rings (SSSR count). The van der Waals surface area contributed by atoms with E-state index in [-0.39, 0.29) is 10.9 Å². The molecule has 5 nitrogen and oxygen atoms in total. The topological polar surface area (TPSA) is 76.5 Å². The highest BCUT2D eigenvalue weighted by molar-refractivity contribution is 7.89. The van der Waals surface area contributed by atoms with Gasteiger partial charge in [0.1, 0.15) is 16.4 Å². The van der Waals surface area contributed by atoms with Gasteiger partial charge in [0.2, 0.25) is 10.0 Å². The molecule has 0 saturated carbocycles. The van der Waals surface area contributed by atoms with Crippen LogP contribution in [0.4, 0.5) is 0 Å². The van der Waals surface area contributed by atoms with Gasteiger partial charge in [-0.25, -0.2) is 8.42 Å². The summed E-state index contributed by atoms with van der Waals surface area (Å²) in [4.78, 5) is 0.276. The number of sulfonamides is 1. The fraction of sp³-hybridized carbons (Fsp3) is 0.692. The van der Waals surface area contributed by atoms with Crippen LogP contribution in [0.3, 0.4) is 0 Å². The van der Waals surface area contributed by atoms with Crippen LogP contribution in [-0.2, 0) is 10.0 Å². The van der Waals surface area contributed by atoms with Crippen molar-refractivity contribution in [3.8, 4) is 0 Å². The number of piperidine rings is 1. The van der Waals surface area contributed by atoms with Crippen molar-refractivity contribution in [1.29, 1.82) is 0 Å². The Hall–Kier alpha value is -0.850. The number of hydrogen-bond acceptors (Lipinski definition) is 4. The molecule has 19 heavy (non-hydrogen) atoms. The van der Waals surface area contributed by atoms with Gasteiger partial charge in [0, 0.05) is 19.1 Å². The maximum absolute atomic E-state index is 12.7. The summed E-state index contributed by atoms with van der Waals surface area (Å²) in [6.45, 7) is 6.40. The fourth-order valence-electron chi connectivity index (χ4n) is 2.85. The Balaban J connectivity index is 2.40. The molecule has 0 aliphatic carbocycles. The molecule has 1 aromatic heterocycles. The lowest BCUT2D eigenvalue weighted by Crippen LogP contribution is -2.51. The molecule has 0 bridgehead atoms. The van der Waals surface area contributed by atoms with Crippen molar-refractivity contribution in [2.75, 3.05) is 13.1 Å². The zero-order valence-corrected chi connectivity index (χ0v) is 12.5. The predicted molar refractivity (Wildman–Crippen MR) is 73.3 cm³/mol. The molecule has 0 unspecified atom stereocenters. The van der Waals surface area contributed by atoms with E-state index in [1.165, 1.54) is 0 Å². The summed E-state index contributed by atoms with van der Waals surface area (Å²) in [5.41, 5.74) is 5.77. The number of furan rings is 1. The van der Waals surface area contributed by atoms with Crippen LogP contribution >= 0.6 is 0 Å². The lowest BCUT2D eigenvalue weighted by Gasteiger charge is -2.38. The summed E-state index contributed by atoms with van der Waals surface area (Å²) in [6.07, 6.45) is 1.91. The quantitative estimate of drug-likeness (QED) is 0.916. The number of aryl methyl sites for hydroxylation is 2. The smallest absolute Gasteiger partial charge is 0.246 e. The summed E-state index contributed by atoms with van der Waals surface area (Å²) < 4.78 is 32.4. The Labute approximate surface area is 114 Å². The zero-order chi connectivity index (χ0) is 14.2. The van der Waals surface area contributed by atoms with Crippen molar-refractivity contribution in [3.63, 3.8) is 0 Å². The first-order valence-electron chi connectivity index (χ1n) is 6.67. The van der Waals surface area contributed by atoms with E-state index >= 15 is 0 Å². The van der Waals surface area contributed by atoms with Gasteiger partial charge in [0.15, 0.2) is 0 Å². The minimum Gasteiger partial charge on any atom is -0.465 e. The molecule has 1 aliphatic rings. The van der Waals surface area contributed by atoms with Crippen LogP contribution in [0, 0.1) is 19.8 Å². The molecule has 2 heterocycles. The fourth-order valence-corrected chi connectivity index (χ4v) is 4.84. The number of nitrogens with two attached hydrogens (primary N) is 1. The van der Waals surface area contributed by atoms with E-state index in [1.54, 1.807) is 24.2 Å². The van der Waals surface area contributed by atoms with E-state index in [0.29, 0.717) is 30.5 Å². The van der Waals surface area contributed by atoms with Crippen LogP contribution < -0.4 is 5.73 Å². The third-order valence-corrected chi connectivity index (χ3v) is 5.92. The maximum Gasteiger partial charge on any atom is 0.246 e. The molecule has 0 spiro atoms. The standard InChI is InChI=1S/C13H22N2O3S/c1-9-5-4-6-15(12(9)8-14)19(16,17)13-7-10(2)18-11(13)3/h7,9,12H,4-6,8,14H2,1-3H3/t9-,12-/m1/s1. The first kappa shape index (κ1) is 14.6. The highest BCUT2D eigenvalue weighted by Gasteiger charge is 2.37. The number of nitrogens with zero attached hydrogens (tertiary/aromatic N) is 1. The molecule has 1 fully saturated rings. The zero-order valence-electron chi connectivity index (χ0n) is 11.7. The molecule has 0 aromatic carbocycles. The van der Waals surface area contributed by atoms with Crippen molar-refractivity contribution in [2.24, 2.45) is 11.7 Å². The van der Waals surface area contributed by atoms with Gasteiger partial charge in [-0.3, -0.25) is 0 Å². The van der Waals surface area contributed by atoms with Gasteiger partial charge >= 0.3 is 0 Å². The van der Waals surface area contributed by atoms with Gasteiger partial charge in [-0.05, 0) is 38.7 Å². The van der Waals surface area contributed by atoms with E-state index in [0.717, 1.165) is 12.8 Å². The molecule has 1 aromatic rings. The third kappa shape index (κ3) is 2.57. The second kappa shape index (κ2) is 5.26. The average Bonchev–Trinajstić information content (AvgIpc) is 2.68. The minimum atomic E-state index is -3.51. The van der Waals surface area contributed by atoms with Crippen LogP contribution in [0.5, 0.6) is 0 Å². The van der Waals surface area contributed by atoms with Gasteiger partial charge in [0.05, 0.1) is 0 Å². The molecule has 1 saturated heterocycles. The molecular weight excluding hydrogens is 264 g/mol. The second-order valence-electron chi connectivity index (χ2n) is 5.32. The SMILES string of the molecule is Cc1cc(S(=O)(=O)N2CCC[C@@H](C)[C@H]2CN)c(C)o1. The number of rotatable bonds is 3. The Morgan fingerprint density at radius 3 is 2.68 bits per heavy atom. The summed E-state index contributed by atoms with van der Waals surface area (Å²) in [5, 5.41) is 0. The summed E-state index contributed by atoms with van der Waals surface area (Å²) in [6, 6.07) is 1.48. The van der Waals surface area contributed by atoms with Crippen molar-refractivity contribution in [3.05, 3.63) is 17.6 Å². The maximum atomic E-state index is 12.7. The Bertz CT molecular complexity index is 550. The summed E-state index contributed by atoms with van der Waals surface area (Å²) >= 11 is 0. The van der Waals surface area contributed by atoms with Crippen LogP contribution in [0.15, 0.2) is 15.4 Å². The van der Waals surface area contributed by atoms with Crippen molar-refractivity contribution in [2.45, 2.75) is 44.6 Å². The number of hydrogen-bond donors (Lipinski definition) is 1. The van der Waals surface area contributed by atoms with Crippen molar-refractivity contribution in [1.82, 2.24) is 4.31 Å². The van der Waals surface area contributed by atoms with Crippen LogP contribution in [0.2, 0.25) is 0 Å². The van der Waals surface area contributed by atoms with Crippen LogP contribution in [0.25, 0.3) is 0 Å². The molecule has 6 heteroatoms. The molecule has 1 aliphatic heterocycles. The van der Waals surface area contributed by atoms with E-state index < -0.39 is 10.0 Å². The minimum absolute atomic E-state index is 0.117. The Morgan fingerprint density at radius 2 is 2.16 bits per heavy atom. The largest absolute Gasteiger partial charge is 0.465 e. The van der Waals surface area contributed by atoms with Gasteiger partial charge in [-0.2, -0.15) is 4.31 Å². The van der Waals surface area contributed by atoms with Crippen molar-refractivity contribution < 1.29 is 12.8 Å². The first-order valence-corrected chi connectivity index (χ1v) is 8.11. The normalized spacial score (nSPS) is 25.7. The van der Waals surface area contributed by atoms with Gasteiger partial charge in [0.25, 0.3) is 0 Å². The van der Waals surface area contributed by atoms with Crippen LogP contribution in [-0.4, -0.2) is 31.9 Å². The molecule has 2 atom stereocenters. The molecule has 2 N–H and O–H groups in total.